The molecule has 1 aliphatic carbocycles. The highest BCUT2D eigenvalue weighted by molar-refractivity contribution is 7.93. The predicted octanol–water partition coefficient (Wildman–Crippen LogP) is 2.90. The van der Waals surface area contributed by atoms with Gasteiger partial charge in [0.15, 0.2) is 15.1 Å². The molecule has 2 heterocycles. The highest BCUT2D eigenvalue weighted by Crippen LogP contribution is 2.40. The van der Waals surface area contributed by atoms with E-state index in [4.69, 9.17) is 16.2 Å². The molecule has 0 saturated heterocycles. The number of hydrazone groups is 1. The number of nitrogens with two attached hydrogens (primary N) is 2. The molecule has 10 nitrogen and oxygen atoms in total. The van der Waals surface area contributed by atoms with Crippen LogP contribution in [0.2, 0.25) is 0 Å². The zero-order chi connectivity index (χ0) is 24.7. The van der Waals surface area contributed by atoms with Gasteiger partial charge in [-0.3, -0.25) is 4.79 Å². The number of benzene rings is 2. The molecule has 5 rings (SSSR count). The van der Waals surface area contributed by atoms with Crippen LogP contribution in [0, 0.1) is 0 Å². The van der Waals surface area contributed by atoms with Crippen LogP contribution < -0.4 is 11.5 Å². The number of primary amides is 2. The Morgan fingerprint density at radius 1 is 1.06 bits per heavy atom. The summed E-state index contributed by atoms with van der Waals surface area (Å²) < 4.78 is 33.9. The highest BCUT2D eigenvalue weighted by atomic mass is 32.2. The first-order valence-corrected chi connectivity index (χ1v) is 13.5. The zero-order valence-electron chi connectivity index (χ0n) is 18.5. The van der Waals surface area contributed by atoms with Gasteiger partial charge in [0.1, 0.15) is 5.01 Å². The molecule has 1 aromatic heterocycles. The number of ether oxygens (including phenoxy) is 1. The van der Waals surface area contributed by atoms with Gasteiger partial charge in [0.05, 0.1) is 15.5 Å². The first-order valence-electron chi connectivity index (χ1n) is 11.1. The molecule has 2 atom stereocenters. The van der Waals surface area contributed by atoms with Gasteiger partial charge in [0, 0.05) is 0 Å². The Hall–Kier alpha value is -3.51. The number of hydrogen-bond acceptors (Lipinski definition) is 8. The number of fused-ring (bicyclic) bond motifs is 1. The van der Waals surface area contributed by atoms with Crippen LogP contribution in [0.15, 0.2) is 53.6 Å². The number of aromatic nitrogens is 1. The molecular weight excluding hydrogens is 490 g/mol. The second kappa shape index (κ2) is 8.93. The largest absolute Gasteiger partial charge is 0.442 e. The van der Waals surface area contributed by atoms with Crippen LogP contribution in [0.5, 0.6) is 0 Å². The van der Waals surface area contributed by atoms with Crippen LogP contribution in [0.3, 0.4) is 0 Å². The van der Waals surface area contributed by atoms with Gasteiger partial charge in [-0.15, -0.1) is 16.4 Å². The third-order valence-corrected chi connectivity index (χ3v) is 9.90. The number of nitrogens with zero attached hydrogens (tertiary/aromatic N) is 3. The van der Waals surface area contributed by atoms with Crippen LogP contribution in [-0.4, -0.2) is 47.7 Å². The van der Waals surface area contributed by atoms with Crippen molar-refractivity contribution in [3.05, 3.63) is 53.5 Å². The Morgan fingerprint density at radius 3 is 2.40 bits per heavy atom. The van der Waals surface area contributed by atoms with Gasteiger partial charge in [0.2, 0.25) is 5.90 Å². The van der Waals surface area contributed by atoms with Crippen molar-refractivity contribution in [2.75, 3.05) is 0 Å². The van der Waals surface area contributed by atoms with Gasteiger partial charge in [-0.2, -0.15) is 5.01 Å². The SMILES string of the molecule is NC(=O)C1OC(C(c2nc3ccc(-c4ccccc4)cc3s2)S(=O)(=O)C2CCCC2)=NN1C(N)=O. The van der Waals surface area contributed by atoms with Gasteiger partial charge in [-0.25, -0.2) is 18.2 Å². The molecule has 0 spiro atoms. The summed E-state index contributed by atoms with van der Waals surface area (Å²) in [5.74, 6) is -1.35. The van der Waals surface area contributed by atoms with Gasteiger partial charge >= 0.3 is 6.03 Å². The Morgan fingerprint density at radius 2 is 1.77 bits per heavy atom. The molecular formula is C23H23N5O5S2. The number of hydrogen-bond donors (Lipinski definition) is 2. The third kappa shape index (κ3) is 4.23. The topological polar surface area (TPSA) is 158 Å². The van der Waals surface area contributed by atoms with E-state index in [1.165, 1.54) is 11.3 Å². The molecule has 0 bridgehead atoms. The minimum atomic E-state index is -3.88. The van der Waals surface area contributed by atoms with Gasteiger partial charge < -0.3 is 16.2 Å². The first-order chi connectivity index (χ1) is 16.8. The number of rotatable bonds is 6. The van der Waals surface area contributed by atoms with Crippen molar-refractivity contribution in [3.8, 4) is 11.1 Å². The molecule has 2 aliphatic rings. The van der Waals surface area contributed by atoms with E-state index in [0.717, 1.165) is 28.7 Å². The van der Waals surface area contributed by atoms with Crippen molar-refractivity contribution in [3.63, 3.8) is 0 Å². The standard InChI is InChI=1S/C23H23N5O5S2/c24-19(29)22-28(23(25)30)27-20(33-22)18(35(31,32)15-8-4-5-9-15)21-26-16-11-10-14(12-17(16)34-21)13-6-2-1-3-7-13/h1-3,6-7,10-12,15,18,22H,4-5,8-9H2,(H2,24,29)(H2,25,30). The molecule has 3 aromatic rings. The van der Waals surface area contributed by atoms with E-state index >= 15 is 0 Å². The first kappa shape index (κ1) is 23.2. The van der Waals surface area contributed by atoms with Gasteiger partial charge in [-0.1, -0.05) is 49.2 Å². The van der Waals surface area contributed by atoms with E-state index in [0.29, 0.717) is 23.4 Å². The second-order valence-electron chi connectivity index (χ2n) is 8.47. The van der Waals surface area contributed by atoms with E-state index < -0.39 is 38.5 Å². The monoisotopic (exact) mass is 513 g/mol. The number of urea groups is 1. The van der Waals surface area contributed by atoms with Gasteiger partial charge in [-0.05, 0) is 36.1 Å². The Bertz CT molecular complexity index is 1430. The molecule has 182 valence electrons. The molecule has 3 amide bonds. The maximum absolute atomic E-state index is 13.8. The summed E-state index contributed by atoms with van der Waals surface area (Å²) in [5.41, 5.74) is 13.3. The summed E-state index contributed by atoms with van der Waals surface area (Å²) >= 11 is 1.20. The fourth-order valence-corrected chi connectivity index (χ4v) is 8.09. The Balaban J connectivity index is 1.61. The predicted molar refractivity (Wildman–Crippen MR) is 132 cm³/mol. The van der Waals surface area contributed by atoms with Crippen LogP contribution in [0.25, 0.3) is 21.3 Å². The van der Waals surface area contributed by atoms with E-state index in [1.54, 1.807) is 0 Å². The molecule has 2 aromatic carbocycles. The van der Waals surface area contributed by atoms with Crippen molar-refractivity contribution in [1.82, 2.24) is 9.99 Å². The van der Waals surface area contributed by atoms with Crippen molar-refractivity contribution >= 4 is 49.2 Å². The van der Waals surface area contributed by atoms with Gasteiger partial charge in [0.25, 0.3) is 12.1 Å². The summed E-state index contributed by atoms with van der Waals surface area (Å²) in [6, 6.07) is 14.4. The maximum Gasteiger partial charge on any atom is 0.339 e. The summed E-state index contributed by atoms with van der Waals surface area (Å²) in [5, 5.41) is 2.78. The lowest BCUT2D eigenvalue weighted by Crippen LogP contribution is -2.45. The lowest BCUT2D eigenvalue weighted by atomic mass is 10.1. The Labute approximate surface area is 205 Å². The molecule has 1 aliphatic heterocycles. The molecule has 0 radical (unpaired) electrons. The van der Waals surface area contributed by atoms with Crippen molar-refractivity contribution in [2.45, 2.75) is 42.4 Å². The fourth-order valence-electron chi connectivity index (χ4n) is 4.46. The molecule has 2 unspecified atom stereocenters. The summed E-state index contributed by atoms with van der Waals surface area (Å²) in [7, 11) is -3.88. The third-order valence-electron chi connectivity index (χ3n) is 6.19. The van der Waals surface area contributed by atoms with Crippen LogP contribution in [0.1, 0.15) is 35.9 Å². The number of carbonyl (C=O) groups is 2. The van der Waals surface area contributed by atoms with E-state index in [2.05, 4.69) is 10.1 Å². The van der Waals surface area contributed by atoms with Crippen LogP contribution in [0.4, 0.5) is 4.79 Å². The molecule has 35 heavy (non-hydrogen) atoms. The lowest BCUT2D eigenvalue weighted by Gasteiger charge is -2.19. The summed E-state index contributed by atoms with van der Waals surface area (Å²) in [6.07, 6.45) is 0.980. The van der Waals surface area contributed by atoms with Crippen molar-refractivity contribution in [1.29, 1.82) is 0 Å². The summed E-state index contributed by atoms with van der Waals surface area (Å²) in [6.45, 7) is 0. The average Bonchev–Trinajstić information content (AvgIpc) is 3.58. The number of amides is 3. The normalized spacial score (nSPS) is 19.5. The number of thiazole rings is 1. The second-order valence-corrected chi connectivity index (χ2v) is 11.8. The molecule has 1 fully saturated rings. The molecule has 1 saturated carbocycles. The van der Waals surface area contributed by atoms with Crippen LogP contribution >= 0.6 is 11.3 Å². The minimum Gasteiger partial charge on any atom is -0.442 e. The highest BCUT2D eigenvalue weighted by Gasteiger charge is 2.48. The lowest BCUT2D eigenvalue weighted by molar-refractivity contribution is -0.129. The average molecular weight is 514 g/mol. The molecule has 12 heteroatoms. The zero-order valence-corrected chi connectivity index (χ0v) is 20.2. The number of sulfone groups is 1. The minimum absolute atomic E-state index is 0.241. The quantitative estimate of drug-likeness (QED) is 0.516. The summed E-state index contributed by atoms with van der Waals surface area (Å²) in [4.78, 5) is 28.3. The van der Waals surface area contributed by atoms with Crippen molar-refractivity contribution < 1.29 is 22.7 Å². The van der Waals surface area contributed by atoms with E-state index in [9.17, 15) is 18.0 Å². The Kier molecular flexibility index (Phi) is 5.93. The van der Waals surface area contributed by atoms with E-state index in [-0.39, 0.29) is 10.9 Å². The van der Waals surface area contributed by atoms with E-state index in [1.807, 2.05) is 48.5 Å². The smallest absolute Gasteiger partial charge is 0.339 e. The maximum atomic E-state index is 13.8. The van der Waals surface area contributed by atoms with Crippen LogP contribution in [-0.2, 0) is 19.4 Å². The molecule has 4 N–H and O–H groups in total. The number of carbonyl (C=O) groups excluding carboxylic acids is 2. The fraction of sp³-hybridized carbons (Fsp3) is 0.304. The van der Waals surface area contributed by atoms with Crippen molar-refractivity contribution in [2.24, 2.45) is 16.6 Å².